The van der Waals surface area contributed by atoms with Crippen LogP contribution in [-0.4, -0.2) is 68.5 Å². The van der Waals surface area contributed by atoms with Crippen LogP contribution >= 0.6 is 0 Å². The first-order valence-electron chi connectivity index (χ1n) is 5.63. The molecule has 9 heteroatoms. The van der Waals surface area contributed by atoms with Crippen LogP contribution in [0.15, 0.2) is 0 Å². The topological polar surface area (TPSA) is 134 Å². The Morgan fingerprint density at radius 1 is 0.789 bits per heavy atom. The largest absolute Gasteiger partial charge is 0.399 e. The summed E-state index contributed by atoms with van der Waals surface area (Å²) in [4.78, 5) is 0. The summed E-state index contributed by atoms with van der Waals surface area (Å²) in [6, 6.07) is 0. The monoisotopic (exact) mass is 302 g/mol. The summed E-state index contributed by atoms with van der Waals surface area (Å²) in [6.07, 6.45) is 0. The van der Waals surface area contributed by atoms with Gasteiger partial charge in [0.15, 0.2) is 0 Å². The van der Waals surface area contributed by atoms with Gasteiger partial charge < -0.3 is 20.4 Å². The van der Waals surface area contributed by atoms with Gasteiger partial charge in [0.1, 0.15) is 0 Å². The molecule has 0 unspecified atom stereocenters. The summed E-state index contributed by atoms with van der Waals surface area (Å²) in [7, 11) is -4.33. The van der Waals surface area contributed by atoms with E-state index in [0.29, 0.717) is 0 Å². The van der Waals surface area contributed by atoms with E-state index in [9.17, 15) is 8.42 Å². The molecule has 0 aromatic rings. The van der Waals surface area contributed by atoms with Crippen LogP contribution in [0.3, 0.4) is 0 Å². The Kier molecular flexibility index (Phi) is 7.37. The van der Waals surface area contributed by atoms with Crippen LogP contribution in [0, 0.1) is 10.8 Å². The summed E-state index contributed by atoms with van der Waals surface area (Å²) < 4.78 is 31.9. The third kappa shape index (κ3) is 6.61. The van der Waals surface area contributed by atoms with Crippen LogP contribution in [0.25, 0.3) is 0 Å². The predicted molar refractivity (Wildman–Crippen MR) is 65.4 cm³/mol. The fraction of sp³-hybridized carbons (Fsp3) is 1.00. The fourth-order valence-corrected chi connectivity index (χ4v) is 1.67. The Balaban J connectivity index is 4.42. The van der Waals surface area contributed by atoms with E-state index in [1.54, 1.807) is 0 Å². The van der Waals surface area contributed by atoms with E-state index >= 15 is 0 Å². The van der Waals surface area contributed by atoms with Crippen molar-refractivity contribution >= 4 is 10.4 Å². The molecular weight excluding hydrogens is 280 g/mol. The van der Waals surface area contributed by atoms with E-state index in [2.05, 4.69) is 8.37 Å². The first-order chi connectivity index (χ1) is 8.66. The lowest BCUT2D eigenvalue weighted by atomic mass is 9.95. The second kappa shape index (κ2) is 7.48. The van der Waals surface area contributed by atoms with Gasteiger partial charge in [0, 0.05) is 10.8 Å². The molecule has 0 fully saturated rings. The van der Waals surface area contributed by atoms with E-state index in [1.807, 2.05) is 0 Å². The molecule has 19 heavy (non-hydrogen) atoms. The van der Waals surface area contributed by atoms with Gasteiger partial charge in [-0.2, -0.15) is 8.42 Å². The van der Waals surface area contributed by atoms with Gasteiger partial charge in [-0.1, -0.05) is 13.8 Å². The zero-order valence-corrected chi connectivity index (χ0v) is 11.9. The predicted octanol–water partition coefficient (Wildman–Crippen LogP) is -1.75. The first-order valence-corrected chi connectivity index (χ1v) is 6.96. The molecule has 0 rings (SSSR count). The summed E-state index contributed by atoms with van der Waals surface area (Å²) in [6.45, 7) is 0.165. The molecule has 116 valence electrons. The number of aliphatic hydroxyl groups is 4. The highest BCUT2D eigenvalue weighted by molar-refractivity contribution is 7.81. The lowest BCUT2D eigenvalue weighted by Crippen LogP contribution is -2.35. The molecule has 0 aliphatic rings. The van der Waals surface area contributed by atoms with Crippen molar-refractivity contribution in [2.24, 2.45) is 10.8 Å². The molecular formula is C10H22O8S. The van der Waals surface area contributed by atoms with E-state index in [0.717, 1.165) is 0 Å². The van der Waals surface area contributed by atoms with Crippen LogP contribution in [0.4, 0.5) is 0 Å². The van der Waals surface area contributed by atoms with Crippen molar-refractivity contribution in [3.8, 4) is 0 Å². The van der Waals surface area contributed by atoms with Gasteiger partial charge >= 0.3 is 10.4 Å². The second-order valence-electron chi connectivity index (χ2n) is 5.19. The van der Waals surface area contributed by atoms with E-state index in [-0.39, 0.29) is 0 Å². The van der Waals surface area contributed by atoms with Gasteiger partial charge in [-0.05, 0) is 0 Å². The van der Waals surface area contributed by atoms with Gasteiger partial charge in [-0.15, -0.1) is 0 Å². The quantitative estimate of drug-likeness (QED) is 0.373. The number of rotatable bonds is 10. The highest BCUT2D eigenvalue weighted by Gasteiger charge is 2.29. The third-order valence-electron chi connectivity index (χ3n) is 2.63. The molecule has 0 amide bonds. The molecule has 0 bridgehead atoms. The SMILES string of the molecule is CC(CO)(CO)COS(=O)(=O)OCC(C)(CO)CO. The molecule has 0 spiro atoms. The summed E-state index contributed by atoms with van der Waals surface area (Å²) in [5.41, 5.74) is -2.21. The number of hydrogen-bond donors (Lipinski definition) is 4. The van der Waals surface area contributed by atoms with Crippen molar-refractivity contribution in [3.63, 3.8) is 0 Å². The Hall–Kier alpha value is -0.290. The van der Waals surface area contributed by atoms with Crippen LogP contribution in [0.1, 0.15) is 13.8 Å². The smallest absolute Gasteiger partial charge is 0.396 e. The van der Waals surface area contributed by atoms with Crippen LogP contribution in [-0.2, 0) is 18.8 Å². The normalized spacial score (nSPS) is 13.8. The van der Waals surface area contributed by atoms with Crippen molar-refractivity contribution in [1.29, 1.82) is 0 Å². The lowest BCUT2D eigenvalue weighted by Gasteiger charge is -2.25. The molecule has 0 radical (unpaired) electrons. The van der Waals surface area contributed by atoms with Gasteiger partial charge in [-0.3, -0.25) is 0 Å². The Morgan fingerprint density at radius 2 is 1.05 bits per heavy atom. The third-order valence-corrected chi connectivity index (χ3v) is 3.44. The zero-order valence-electron chi connectivity index (χ0n) is 11.1. The first kappa shape index (κ1) is 18.7. The molecule has 0 aliphatic heterocycles. The minimum atomic E-state index is -4.33. The molecule has 0 saturated carbocycles. The molecule has 0 saturated heterocycles. The van der Waals surface area contributed by atoms with Crippen molar-refractivity contribution in [1.82, 2.24) is 0 Å². The summed E-state index contributed by atoms with van der Waals surface area (Å²) in [5.74, 6) is 0. The second-order valence-corrected chi connectivity index (χ2v) is 6.47. The maximum atomic E-state index is 11.4. The molecule has 0 atom stereocenters. The molecule has 0 aromatic heterocycles. The van der Waals surface area contributed by atoms with Crippen molar-refractivity contribution < 1.29 is 37.2 Å². The van der Waals surface area contributed by atoms with Crippen LogP contribution in [0.5, 0.6) is 0 Å². The molecule has 8 nitrogen and oxygen atoms in total. The zero-order chi connectivity index (χ0) is 15.2. The van der Waals surface area contributed by atoms with Crippen LogP contribution in [0.2, 0.25) is 0 Å². The van der Waals surface area contributed by atoms with E-state index in [4.69, 9.17) is 20.4 Å². The van der Waals surface area contributed by atoms with Gasteiger partial charge in [0.05, 0.1) is 39.6 Å². The van der Waals surface area contributed by atoms with Gasteiger partial charge in [0.2, 0.25) is 0 Å². The van der Waals surface area contributed by atoms with Crippen molar-refractivity contribution in [2.75, 3.05) is 39.6 Å². The maximum absolute atomic E-state index is 11.4. The average molecular weight is 302 g/mol. The van der Waals surface area contributed by atoms with Gasteiger partial charge in [-0.25, -0.2) is 8.37 Å². The average Bonchev–Trinajstić information content (AvgIpc) is 2.42. The van der Waals surface area contributed by atoms with E-state index in [1.165, 1.54) is 13.8 Å². The lowest BCUT2D eigenvalue weighted by molar-refractivity contribution is 0.00880. The highest BCUT2D eigenvalue weighted by atomic mass is 32.3. The van der Waals surface area contributed by atoms with Gasteiger partial charge in [0.25, 0.3) is 0 Å². The summed E-state index contributed by atoms with van der Waals surface area (Å²) in [5, 5.41) is 35.9. The summed E-state index contributed by atoms with van der Waals surface area (Å²) >= 11 is 0. The van der Waals surface area contributed by atoms with Crippen LogP contribution < -0.4 is 0 Å². The fourth-order valence-electron chi connectivity index (χ4n) is 0.745. The Bertz CT molecular complexity index is 317. The highest BCUT2D eigenvalue weighted by Crippen LogP contribution is 2.19. The van der Waals surface area contributed by atoms with Crippen molar-refractivity contribution in [2.45, 2.75) is 13.8 Å². The maximum Gasteiger partial charge on any atom is 0.399 e. The minimum absolute atomic E-state index is 0.447. The number of hydrogen-bond acceptors (Lipinski definition) is 8. The standard InChI is InChI=1S/C10H22O8S/c1-9(3-11,4-12)7-17-19(15,16)18-8-10(2,5-13)6-14/h11-14H,3-8H2,1-2H3. The minimum Gasteiger partial charge on any atom is -0.396 e. The molecule has 4 N–H and O–H groups in total. The molecule has 0 heterocycles. The van der Waals surface area contributed by atoms with Crippen molar-refractivity contribution in [3.05, 3.63) is 0 Å². The molecule has 0 aromatic carbocycles. The molecule has 0 aliphatic carbocycles. The number of aliphatic hydroxyl groups excluding tert-OH is 4. The Labute approximate surface area is 112 Å². The van der Waals surface area contributed by atoms with E-state index < -0.39 is 60.9 Å². The Morgan fingerprint density at radius 3 is 1.26 bits per heavy atom.